The van der Waals surface area contributed by atoms with E-state index < -0.39 is 35.4 Å². The van der Waals surface area contributed by atoms with Gasteiger partial charge in [-0.3, -0.25) is 28.8 Å². The third kappa shape index (κ3) is 1.63. The maximum absolute atomic E-state index is 11.6. The van der Waals surface area contributed by atoms with Gasteiger partial charge in [0.15, 0.2) is 0 Å². The standard InChI is InChI=1S/C10H6N2O6/c13-5-1-2-6(14)11(5)9(17)10(18)12-7(15)3-4-8(12)16/h1-2H,3-4H2. The first-order valence-corrected chi connectivity index (χ1v) is 4.93. The molecule has 0 radical (unpaired) electrons. The molecule has 0 aromatic rings. The van der Waals surface area contributed by atoms with Gasteiger partial charge in [0.05, 0.1) is 0 Å². The zero-order chi connectivity index (χ0) is 13.4. The van der Waals surface area contributed by atoms with Crippen molar-refractivity contribution in [2.45, 2.75) is 12.8 Å². The van der Waals surface area contributed by atoms with E-state index in [0.29, 0.717) is 0 Å². The van der Waals surface area contributed by atoms with Crippen LogP contribution < -0.4 is 0 Å². The van der Waals surface area contributed by atoms with Gasteiger partial charge in [-0.05, 0) is 0 Å². The summed E-state index contributed by atoms with van der Waals surface area (Å²) in [5.74, 6) is -6.56. The van der Waals surface area contributed by atoms with E-state index in [1.54, 1.807) is 0 Å². The molecule has 0 spiro atoms. The zero-order valence-corrected chi connectivity index (χ0v) is 8.91. The number of hydrogen-bond acceptors (Lipinski definition) is 6. The van der Waals surface area contributed by atoms with Crippen molar-refractivity contribution in [3.63, 3.8) is 0 Å². The average Bonchev–Trinajstić information content (AvgIpc) is 2.81. The minimum Gasteiger partial charge on any atom is -0.274 e. The number of hydrogen-bond donors (Lipinski definition) is 0. The van der Waals surface area contributed by atoms with E-state index in [9.17, 15) is 28.8 Å². The van der Waals surface area contributed by atoms with Gasteiger partial charge in [0.1, 0.15) is 0 Å². The fourth-order valence-corrected chi connectivity index (χ4v) is 1.59. The molecule has 92 valence electrons. The Morgan fingerprint density at radius 3 is 1.61 bits per heavy atom. The molecule has 0 atom stereocenters. The van der Waals surface area contributed by atoms with Crippen LogP contribution in [0.25, 0.3) is 0 Å². The number of amides is 6. The normalized spacial score (nSPS) is 19.1. The van der Waals surface area contributed by atoms with Crippen LogP contribution in [0.3, 0.4) is 0 Å². The summed E-state index contributed by atoms with van der Waals surface area (Å²) >= 11 is 0. The van der Waals surface area contributed by atoms with Crippen LogP contribution in [0.1, 0.15) is 12.8 Å². The van der Waals surface area contributed by atoms with Crippen LogP contribution in [0.4, 0.5) is 0 Å². The number of carbonyl (C=O) groups excluding carboxylic acids is 6. The largest absolute Gasteiger partial charge is 0.327 e. The molecule has 0 bridgehead atoms. The Morgan fingerprint density at radius 2 is 1.17 bits per heavy atom. The summed E-state index contributed by atoms with van der Waals surface area (Å²) in [6, 6.07) is 0. The van der Waals surface area contributed by atoms with Crippen molar-refractivity contribution in [3.05, 3.63) is 12.2 Å². The Labute approximate surface area is 99.8 Å². The van der Waals surface area contributed by atoms with Crippen LogP contribution >= 0.6 is 0 Å². The van der Waals surface area contributed by atoms with Crippen molar-refractivity contribution < 1.29 is 28.8 Å². The summed E-state index contributed by atoms with van der Waals surface area (Å²) in [6.45, 7) is 0. The fraction of sp³-hybridized carbons (Fsp3) is 0.200. The second-order valence-corrected chi connectivity index (χ2v) is 3.58. The van der Waals surface area contributed by atoms with E-state index in [-0.39, 0.29) is 22.6 Å². The lowest BCUT2D eigenvalue weighted by molar-refractivity contribution is -0.163. The molecule has 0 N–H and O–H groups in total. The maximum atomic E-state index is 11.6. The maximum Gasteiger partial charge on any atom is 0.327 e. The predicted octanol–water partition coefficient (Wildman–Crippen LogP) is -1.89. The second kappa shape index (κ2) is 3.99. The fourth-order valence-electron chi connectivity index (χ4n) is 1.59. The summed E-state index contributed by atoms with van der Waals surface area (Å²) in [6.07, 6.45) is 1.30. The average molecular weight is 250 g/mol. The van der Waals surface area contributed by atoms with Gasteiger partial charge in [0.2, 0.25) is 11.8 Å². The molecule has 0 aromatic carbocycles. The SMILES string of the molecule is O=C1C=CC(=O)N1C(=O)C(=O)N1C(=O)CCC1=O. The molecule has 0 saturated carbocycles. The van der Waals surface area contributed by atoms with E-state index >= 15 is 0 Å². The molecular weight excluding hydrogens is 244 g/mol. The van der Waals surface area contributed by atoms with Crippen molar-refractivity contribution in [1.29, 1.82) is 0 Å². The summed E-state index contributed by atoms with van der Waals surface area (Å²) in [5.41, 5.74) is 0. The first-order valence-electron chi connectivity index (χ1n) is 4.93. The highest BCUT2D eigenvalue weighted by atomic mass is 16.2. The quantitative estimate of drug-likeness (QED) is 0.367. The third-order valence-electron chi connectivity index (χ3n) is 2.45. The van der Waals surface area contributed by atoms with Crippen molar-refractivity contribution >= 4 is 35.4 Å². The third-order valence-corrected chi connectivity index (χ3v) is 2.45. The lowest BCUT2D eigenvalue weighted by Crippen LogP contribution is -2.49. The molecule has 0 aromatic heterocycles. The van der Waals surface area contributed by atoms with Crippen molar-refractivity contribution in [1.82, 2.24) is 9.80 Å². The minimum atomic E-state index is -1.50. The molecule has 2 rings (SSSR count). The number of likely N-dealkylation sites (tertiary alicyclic amines) is 1. The minimum absolute atomic E-state index is 0.0845. The second-order valence-electron chi connectivity index (χ2n) is 3.58. The van der Waals surface area contributed by atoms with Crippen LogP contribution in [0.5, 0.6) is 0 Å². The van der Waals surface area contributed by atoms with Crippen molar-refractivity contribution in [3.8, 4) is 0 Å². The molecule has 6 amide bonds. The summed E-state index contributed by atoms with van der Waals surface area (Å²) in [5, 5.41) is 0. The lowest BCUT2D eigenvalue weighted by atomic mass is 10.4. The molecule has 1 saturated heterocycles. The highest BCUT2D eigenvalue weighted by molar-refractivity contribution is 6.47. The van der Waals surface area contributed by atoms with Gasteiger partial charge in [-0.2, -0.15) is 0 Å². The smallest absolute Gasteiger partial charge is 0.274 e. The van der Waals surface area contributed by atoms with Gasteiger partial charge in [-0.15, -0.1) is 0 Å². The lowest BCUT2D eigenvalue weighted by Gasteiger charge is -2.15. The van der Waals surface area contributed by atoms with Gasteiger partial charge in [0.25, 0.3) is 11.8 Å². The van der Waals surface area contributed by atoms with E-state index in [0.717, 1.165) is 12.2 Å². The highest BCUT2D eigenvalue weighted by Crippen LogP contribution is 2.14. The van der Waals surface area contributed by atoms with Crippen molar-refractivity contribution in [2.24, 2.45) is 0 Å². The van der Waals surface area contributed by atoms with Crippen LogP contribution in [0.15, 0.2) is 12.2 Å². The van der Waals surface area contributed by atoms with Crippen molar-refractivity contribution in [2.75, 3.05) is 0 Å². The summed E-state index contributed by atoms with van der Waals surface area (Å²) in [7, 11) is 0. The Balaban J connectivity index is 2.22. The predicted molar refractivity (Wildman–Crippen MR) is 52.1 cm³/mol. The molecule has 18 heavy (non-hydrogen) atoms. The number of rotatable bonds is 0. The van der Waals surface area contributed by atoms with E-state index in [2.05, 4.69) is 0 Å². The van der Waals surface area contributed by atoms with Gasteiger partial charge < -0.3 is 0 Å². The number of nitrogens with zero attached hydrogens (tertiary/aromatic N) is 2. The van der Waals surface area contributed by atoms with Gasteiger partial charge in [-0.25, -0.2) is 9.80 Å². The van der Waals surface area contributed by atoms with Gasteiger partial charge in [-0.1, -0.05) is 0 Å². The Kier molecular flexibility index (Phi) is 2.62. The summed E-state index contributed by atoms with van der Waals surface area (Å²) in [4.78, 5) is 68.3. The van der Waals surface area contributed by atoms with E-state index in [1.807, 2.05) is 0 Å². The molecule has 2 heterocycles. The molecule has 2 aliphatic heterocycles. The van der Waals surface area contributed by atoms with E-state index in [4.69, 9.17) is 0 Å². The molecule has 1 fully saturated rings. The zero-order valence-electron chi connectivity index (χ0n) is 8.91. The first kappa shape index (κ1) is 11.8. The Morgan fingerprint density at radius 1 is 0.778 bits per heavy atom. The van der Waals surface area contributed by atoms with Gasteiger partial charge >= 0.3 is 11.8 Å². The molecule has 0 unspecified atom stereocenters. The van der Waals surface area contributed by atoms with E-state index in [1.165, 1.54) is 0 Å². The summed E-state index contributed by atoms with van der Waals surface area (Å²) < 4.78 is 0. The number of carbonyl (C=O) groups is 6. The Hall–Kier alpha value is -2.64. The Bertz CT molecular complexity index is 501. The monoisotopic (exact) mass is 250 g/mol. The molecule has 2 aliphatic rings. The van der Waals surface area contributed by atoms with Crippen LogP contribution in [-0.2, 0) is 28.8 Å². The molecule has 8 nitrogen and oxygen atoms in total. The molecule has 8 heteroatoms. The van der Waals surface area contributed by atoms with Gasteiger partial charge in [0, 0.05) is 25.0 Å². The van der Waals surface area contributed by atoms with Crippen LogP contribution in [0.2, 0.25) is 0 Å². The highest BCUT2D eigenvalue weighted by Gasteiger charge is 2.43. The topological polar surface area (TPSA) is 109 Å². The number of imide groups is 6. The first-order chi connectivity index (χ1) is 8.43. The molecule has 0 aliphatic carbocycles. The molecular formula is C10H6N2O6. The van der Waals surface area contributed by atoms with Crippen LogP contribution in [0, 0.1) is 0 Å². The van der Waals surface area contributed by atoms with Crippen LogP contribution in [-0.4, -0.2) is 45.2 Å².